The molecule has 1 aliphatic heterocycles. The summed E-state index contributed by atoms with van der Waals surface area (Å²) in [5.41, 5.74) is 1.22. The molecule has 2 aromatic rings. The van der Waals surface area contributed by atoms with Crippen molar-refractivity contribution in [3.05, 3.63) is 65.9 Å². The van der Waals surface area contributed by atoms with E-state index >= 15 is 0 Å². The summed E-state index contributed by atoms with van der Waals surface area (Å²) in [6.07, 6.45) is -4.79. The first-order chi connectivity index (χ1) is 13.2. The third-order valence-electron chi connectivity index (χ3n) is 4.05. The minimum atomic E-state index is -4.79. The molecule has 28 heavy (non-hydrogen) atoms. The van der Waals surface area contributed by atoms with Gasteiger partial charge in [0.1, 0.15) is 11.4 Å². The van der Waals surface area contributed by atoms with Crippen molar-refractivity contribution in [2.45, 2.75) is 26.3 Å². The maximum Gasteiger partial charge on any atom is 0.573 e. The van der Waals surface area contributed by atoms with Crippen molar-refractivity contribution in [2.75, 3.05) is 5.32 Å². The van der Waals surface area contributed by atoms with Gasteiger partial charge in [0.2, 0.25) is 0 Å². The van der Waals surface area contributed by atoms with Crippen LogP contribution in [0.5, 0.6) is 5.75 Å². The number of rotatable bonds is 5. The molecule has 0 spiro atoms. The van der Waals surface area contributed by atoms with Gasteiger partial charge in [0, 0.05) is 11.7 Å². The molecule has 8 heteroatoms. The first kappa shape index (κ1) is 19.5. The Bertz CT molecular complexity index is 920. The Kier molecular flexibility index (Phi) is 5.13. The summed E-state index contributed by atoms with van der Waals surface area (Å²) in [6, 6.07) is 13.3. The van der Waals surface area contributed by atoms with Crippen LogP contribution in [0, 0.1) is 0 Å². The third kappa shape index (κ3) is 4.00. The number of anilines is 1. The summed E-state index contributed by atoms with van der Waals surface area (Å²) >= 11 is 0. The number of carbonyl (C=O) groups is 2. The van der Waals surface area contributed by atoms with Gasteiger partial charge in [-0.15, -0.1) is 13.2 Å². The van der Waals surface area contributed by atoms with Crippen LogP contribution in [0.4, 0.5) is 18.9 Å². The van der Waals surface area contributed by atoms with Crippen molar-refractivity contribution in [1.82, 2.24) is 4.90 Å². The van der Waals surface area contributed by atoms with Crippen LogP contribution in [0.2, 0.25) is 0 Å². The maximum absolute atomic E-state index is 12.8. The molecule has 0 bridgehead atoms. The summed E-state index contributed by atoms with van der Waals surface area (Å²) in [7, 11) is 0. The SMILES string of the molecule is CC(C)N1C(=O)C(Nc2ccc(OC(F)(F)F)cc2)=C(c2ccccc2)C1=O. The first-order valence-electron chi connectivity index (χ1n) is 8.48. The minimum Gasteiger partial charge on any atom is -0.406 e. The predicted molar refractivity (Wildman–Crippen MR) is 97.1 cm³/mol. The number of hydrogen-bond acceptors (Lipinski definition) is 4. The molecule has 0 aliphatic carbocycles. The van der Waals surface area contributed by atoms with Crippen molar-refractivity contribution in [3.8, 4) is 5.75 Å². The number of nitrogens with zero attached hydrogens (tertiary/aromatic N) is 1. The number of benzene rings is 2. The highest BCUT2D eigenvalue weighted by molar-refractivity contribution is 6.36. The van der Waals surface area contributed by atoms with Gasteiger partial charge in [-0.3, -0.25) is 14.5 Å². The predicted octanol–water partition coefficient (Wildman–Crippen LogP) is 4.19. The lowest BCUT2D eigenvalue weighted by Gasteiger charge is -2.19. The fourth-order valence-electron chi connectivity index (χ4n) is 2.89. The smallest absolute Gasteiger partial charge is 0.406 e. The van der Waals surface area contributed by atoms with Crippen LogP contribution in [0.25, 0.3) is 5.57 Å². The fourth-order valence-corrected chi connectivity index (χ4v) is 2.89. The topological polar surface area (TPSA) is 58.6 Å². The largest absolute Gasteiger partial charge is 0.573 e. The van der Waals surface area contributed by atoms with E-state index in [0.717, 1.165) is 17.0 Å². The Hall–Kier alpha value is -3.29. The minimum absolute atomic E-state index is 0.0781. The number of nitrogens with one attached hydrogen (secondary N) is 1. The Morgan fingerprint density at radius 2 is 1.54 bits per heavy atom. The van der Waals surface area contributed by atoms with E-state index in [9.17, 15) is 22.8 Å². The van der Waals surface area contributed by atoms with Crippen molar-refractivity contribution in [1.29, 1.82) is 0 Å². The van der Waals surface area contributed by atoms with Crippen molar-refractivity contribution in [2.24, 2.45) is 0 Å². The quantitative estimate of drug-likeness (QED) is 0.778. The summed E-state index contributed by atoms with van der Waals surface area (Å²) in [6.45, 7) is 3.45. The molecule has 0 radical (unpaired) electrons. The average Bonchev–Trinajstić information content (AvgIpc) is 2.86. The zero-order valence-corrected chi connectivity index (χ0v) is 15.1. The van der Waals surface area contributed by atoms with Gasteiger partial charge in [-0.05, 0) is 43.7 Å². The van der Waals surface area contributed by atoms with Crippen LogP contribution < -0.4 is 10.1 Å². The molecule has 0 aromatic heterocycles. The van der Waals surface area contributed by atoms with Crippen LogP contribution in [0.15, 0.2) is 60.3 Å². The molecule has 0 atom stereocenters. The summed E-state index contributed by atoms with van der Waals surface area (Å²) in [4.78, 5) is 26.8. The van der Waals surface area contributed by atoms with Gasteiger partial charge in [-0.1, -0.05) is 30.3 Å². The Labute approximate surface area is 159 Å². The molecular formula is C20H17F3N2O3. The lowest BCUT2D eigenvalue weighted by molar-refractivity contribution is -0.274. The Balaban J connectivity index is 1.95. The van der Waals surface area contributed by atoms with E-state index in [0.29, 0.717) is 11.3 Å². The molecule has 5 nitrogen and oxygen atoms in total. The van der Waals surface area contributed by atoms with Crippen LogP contribution >= 0.6 is 0 Å². The molecule has 0 unspecified atom stereocenters. The van der Waals surface area contributed by atoms with Gasteiger partial charge >= 0.3 is 6.36 Å². The molecule has 146 valence electrons. The molecule has 0 saturated heterocycles. The van der Waals surface area contributed by atoms with Crippen LogP contribution in [-0.4, -0.2) is 29.1 Å². The second-order valence-corrected chi connectivity index (χ2v) is 6.39. The Morgan fingerprint density at radius 1 is 0.929 bits per heavy atom. The van der Waals surface area contributed by atoms with Gasteiger partial charge in [0.15, 0.2) is 0 Å². The molecule has 1 heterocycles. The van der Waals surface area contributed by atoms with E-state index in [1.807, 2.05) is 0 Å². The zero-order valence-electron chi connectivity index (χ0n) is 15.1. The van der Waals surface area contributed by atoms with E-state index in [1.54, 1.807) is 44.2 Å². The van der Waals surface area contributed by atoms with E-state index in [2.05, 4.69) is 10.1 Å². The number of alkyl halides is 3. The van der Waals surface area contributed by atoms with Crippen LogP contribution in [0.1, 0.15) is 19.4 Å². The molecule has 2 amide bonds. The molecule has 1 N–H and O–H groups in total. The summed E-state index contributed by atoms with van der Waals surface area (Å²) < 4.78 is 40.7. The zero-order chi connectivity index (χ0) is 20.5. The van der Waals surface area contributed by atoms with Crippen molar-refractivity contribution >= 4 is 23.1 Å². The average molecular weight is 390 g/mol. The molecular weight excluding hydrogens is 373 g/mol. The van der Waals surface area contributed by atoms with Gasteiger partial charge < -0.3 is 10.1 Å². The van der Waals surface area contributed by atoms with Crippen molar-refractivity contribution in [3.63, 3.8) is 0 Å². The van der Waals surface area contributed by atoms with Crippen LogP contribution in [0.3, 0.4) is 0 Å². The van der Waals surface area contributed by atoms with E-state index < -0.39 is 18.2 Å². The van der Waals surface area contributed by atoms with Gasteiger partial charge in [-0.25, -0.2) is 0 Å². The normalized spacial score (nSPS) is 14.9. The van der Waals surface area contributed by atoms with E-state index in [-0.39, 0.29) is 23.1 Å². The summed E-state index contributed by atoms with van der Waals surface area (Å²) in [5.74, 6) is -1.30. The third-order valence-corrected chi connectivity index (χ3v) is 4.05. The lowest BCUT2D eigenvalue weighted by Crippen LogP contribution is -2.38. The number of hydrogen-bond donors (Lipinski definition) is 1. The highest BCUT2D eigenvalue weighted by Crippen LogP contribution is 2.32. The number of amides is 2. The second kappa shape index (κ2) is 7.38. The molecule has 2 aromatic carbocycles. The van der Waals surface area contributed by atoms with Gasteiger partial charge in [0.25, 0.3) is 11.8 Å². The highest BCUT2D eigenvalue weighted by atomic mass is 19.4. The summed E-state index contributed by atoms with van der Waals surface area (Å²) in [5, 5.41) is 2.88. The van der Waals surface area contributed by atoms with Crippen molar-refractivity contribution < 1.29 is 27.5 Å². The monoisotopic (exact) mass is 390 g/mol. The number of carbonyl (C=O) groups excluding carboxylic acids is 2. The second-order valence-electron chi connectivity index (χ2n) is 6.39. The molecule has 0 fully saturated rings. The first-order valence-corrected chi connectivity index (χ1v) is 8.48. The van der Waals surface area contributed by atoms with Gasteiger partial charge in [-0.2, -0.15) is 0 Å². The van der Waals surface area contributed by atoms with Gasteiger partial charge in [0.05, 0.1) is 5.57 Å². The molecule has 3 rings (SSSR count). The standard InChI is InChI=1S/C20H17F3N2O3/c1-12(2)25-18(26)16(13-6-4-3-5-7-13)17(19(25)27)24-14-8-10-15(11-9-14)28-20(21,22)23/h3-12,24H,1-2H3. The highest BCUT2D eigenvalue weighted by Gasteiger charge is 2.40. The molecule has 0 saturated carbocycles. The lowest BCUT2D eigenvalue weighted by atomic mass is 10.0. The maximum atomic E-state index is 12.8. The van der Waals surface area contributed by atoms with Crippen LogP contribution in [-0.2, 0) is 9.59 Å². The fraction of sp³-hybridized carbons (Fsp3) is 0.200. The van der Waals surface area contributed by atoms with E-state index in [4.69, 9.17) is 0 Å². The Morgan fingerprint density at radius 3 is 2.07 bits per heavy atom. The number of halogens is 3. The number of imide groups is 1. The number of ether oxygens (including phenoxy) is 1. The molecule has 1 aliphatic rings. The van der Waals surface area contributed by atoms with E-state index in [1.165, 1.54) is 12.1 Å².